The molecule has 138 valence electrons. The summed E-state index contributed by atoms with van der Waals surface area (Å²) in [5, 5.41) is 6.32. The van der Waals surface area contributed by atoms with Crippen LogP contribution in [0.3, 0.4) is 0 Å². The summed E-state index contributed by atoms with van der Waals surface area (Å²) in [6.07, 6.45) is 2.59. The Kier molecular flexibility index (Phi) is 7.78. The largest absolute Gasteiger partial charge is 0.379 e. The summed E-state index contributed by atoms with van der Waals surface area (Å²) in [6, 6.07) is 0.825. The molecule has 2 saturated heterocycles. The van der Waals surface area contributed by atoms with E-state index in [1.54, 1.807) is 0 Å². The first kappa shape index (κ1) is 19.0. The van der Waals surface area contributed by atoms with Gasteiger partial charge in [0.25, 0.3) is 0 Å². The fourth-order valence-corrected chi connectivity index (χ4v) is 3.24. The fraction of sp³-hybridized carbons (Fsp3) is 0.882. The number of likely N-dealkylation sites (tertiary alicyclic amines) is 1. The van der Waals surface area contributed by atoms with E-state index in [-0.39, 0.29) is 11.9 Å². The molecule has 0 aromatic carbocycles. The number of rotatable bonds is 6. The number of amides is 1. The third-order valence-electron chi connectivity index (χ3n) is 4.89. The van der Waals surface area contributed by atoms with E-state index < -0.39 is 0 Å². The van der Waals surface area contributed by atoms with Gasteiger partial charge in [0.05, 0.1) is 13.2 Å². The minimum absolute atomic E-state index is 0.0971. The number of carbonyl (C=O) groups is 1. The molecular formula is C17H33N5O2. The lowest BCUT2D eigenvalue weighted by Crippen LogP contribution is -2.47. The van der Waals surface area contributed by atoms with Crippen molar-refractivity contribution in [1.82, 2.24) is 20.4 Å². The van der Waals surface area contributed by atoms with Crippen LogP contribution in [0, 0.1) is 0 Å². The molecule has 2 aliphatic rings. The van der Waals surface area contributed by atoms with Gasteiger partial charge in [0.15, 0.2) is 5.96 Å². The Labute approximate surface area is 145 Å². The van der Waals surface area contributed by atoms with Gasteiger partial charge in [-0.05, 0) is 19.8 Å². The average molecular weight is 339 g/mol. The molecule has 2 atom stereocenters. The quantitative estimate of drug-likeness (QED) is 0.537. The molecule has 2 fully saturated rings. The summed E-state index contributed by atoms with van der Waals surface area (Å²) in [7, 11) is 1.81. The Hall–Kier alpha value is -1.34. The van der Waals surface area contributed by atoms with Crippen LogP contribution in [0.15, 0.2) is 4.99 Å². The van der Waals surface area contributed by atoms with Crippen molar-refractivity contribution in [2.24, 2.45) is 4.99 Å². The lowest BCUT2D eigenvalue weighted by atomic mass is 10.2. The standard InChI is InChI=1S/C17H33N5O2/c1-4-14(2)20-16(23)5-7-19-17(18-3)22-8-6-15(13-22)21-9-11-24-12-10-21/h14-15H,4-13H2,1-3H3,(H,18,19)(H,20,23). The van der Waals surface area contributed by atoms with Crippen molar-refractivity contribution in [3.8, 4) is 0 Å². The molecule has 2 unspecified atom stereocenters. The van der Waals surface area contributed by atoms with E-state index in [2.05, 4.69) is 32.3 Å². The van der Waals surface area contributed by atoms with E-state index in [1.165, 1.54) is 0 Å². The molecule has 0 aromatic rings. The van der Waals surface area contributed by atoms with E-state index in [0.29, 0.717) is 19.0 Å². The van der Waals surface area contributed by atoms with E-state index in [4.69, 9.17) is 4.74 Å². The molecule has 2 heterocycles. The third-order valence-corrected chi connectivity index (χ3v) is 4.89. The van der Waals surface area contributed by atoms with Crippen LogP contribution in [-0.4, -0.2) is 86.7 Å². The molecule has 0 bridgehead atoms. The van der Waals surface area contributed by atoms with E-state index in [9.17, 15) is 4.79 Å². The molecule has 0 saturated carbocycles. The Morgan fingerprint density at radius 2 is 2.08 bits per heavy atom. The first-order valence-electron chi connectivity index (χ1n) is 9.20. The summed E-state index contributed by atoms with van der Waals surface area (Å²) in [4.78, 5) is 21.0. The molecule has 1 amide bonds. The van der Waals surface area contributed by atoms with Gasteiger partial charge >= 0.3 is 0 Å². The zero-order valence-corrected chi connectivity index (χ0v) is 15.4. The molecule has 0 aliphatic carbocycles. The average Bonchev–Trinajstić information content (AvgIpc) is 3.09. The topological polar surface area (TPSA) is 69.2 Å². The lowest BCUT2D eigenvalue weighted by Gasteiger charge is -2.32. The van der Waals surface area contributed by atoms with Gasteiger partial charge in [0.1, 0.15) is 0 Å². The van der Waals surface area contributed by atoms with Crippen molar-refractivity contribution in [2.45, 2.75) is 45.2 Å². The number of hydrogen-bond acceptors (Lipinski definition) is 4. The molecule has 7 heteroatoms. The number of nitrogens with zero attached hydrogens (tertiary/aromatic N) is 3. The number of aliphatic imine (C=N–C) groups is 1. The number of hydrogen-bond donors (Lipinski definition) is 2. The number of guanidine groups is 1. The van der Waals surface area contributed by atoms with Gasteiger partial charge < -0.3 is 20.3 Å². The van der Waals surface area contributed by atoms with Crippen molar-refractivity contribution in [3.63, 3.8) is 0 Å². The molecule has 0 radical (unpaired) electrons. The molecular weight excluding hydrogens is 306 g/mol. The van der Waals surface area contributed by atoms with Gasteiger partial charge in [-0.15, -0.1) is 0 Å². The highest BCUT2D eigenvalue weighted by Gasteiger charge is 2.30. The van der Waals surface area contributed by atoms with Crippen LogP contribution in [0.4, 0.5) is 0 Å². The molecule has 24 heavy (non-hydrogen) atoms. The second-order valence-electron chi connectivity index (χ2n) is 6.64. The molecule has 2 rings (SSSR count). The normalized spacial score (nSPS) is 24.0. The molecule has 2 N–H and O–H groups in total. The molecule has 0 aromatic heterocycles. The van der Waals surface area contributed by atoms with E-state index in [0.717, 1.165) is 58.2 Å². The van der Waals surface area contributed by atoms with Crippen LogP contribution in [-0.2, 0) is 9.53 Å². The van der Waals surface area contributed by atoms with E-state index in [1.807, 2.05) is 14.0 Å². The van der Waals surface area contributed by atoms with Crippen molar-refractivity contribution >= 4 is 11.9 Å². The summed E-state index contributed by atoms with van der Waals surface area (Å²) in [5.41, 5.74) is 0. The number of ether oxygens (including phenoxy) is 1. The summed E-state index contributed by atoms with van der Waals surface area (Å²) in [5.74, 6) is 1.00. The highest BCUT2D eigenvalue weighted by Crippen LogP contribution is 2.16. The fourth-order valence-electron chi connectivity index (χ4n) is 3.24. The van der Waals surface area contributed by atoms with Crippen LogP contribution in [0.1, 0.15) is 33.1 Å². The number of carbonyl (C=O) groups excluding carboxylic acids is 1. The minimum atomic E-state index is 0.0971. The first-order chi connectivity index (χ1) is 11.6. The third kappa shape index (κ3) is 5.63. The Morgan fingerprint density at radius 3 is 2.75 bits per heavy atom. The van der Waals surface area contributed by atoms with Crippen molar-refractivity contribution in [1.29, 1.82) is 0 Å². The van der Waals surface area contributed by atoms with Gasteiger partial charge in [0, 0.05) is 58.3 Å². The second kappa shape index (κ2) is 9.84. The Morgan fingerprint density at radius 1 is 1.33 bits per heavy atom. The van der Waals surface area contributed by atoms with Gasteiger partial charge in [0.2, 0.25) is 5.91 Å². The van der Waals surface area contributed by atoms with Crippen LogP contribution in [0.5, 0.6) is 0 Å². The molecule has 2 aliphatic heterocycles. The lowest BCUT2D eigenvalue weighted by molar-refractivity contribution is -0.121. The summed E-state index contributed by atoms with van der Waals surface area (Å²) < 4.78 is 5.44. The summed E-state index contributed by atoms with van der Waals surface area (Å²) in [6.45, 7) is 10.5. The predicted octanol–water partition coefficient (Wildman–Crippen LogP) is 0.273. The van der Waals surface area contributed by atoms with Crippen LogP contribution in [0.25, 0.3) is 0 Å². The number of nitrogens with one attached hydrogen (secondary N) is 2. The maximum Gasteiger partial charge on any atom is 0.221 e. The van der Waals surface area contributed by atoms with E-state index >= 15 is 0 Å². The van der Waals surface area contributed by atoms with Crippen molar-refractivity contribution in [3.05, 3.63) is 0 Å². The van der Waals surface area contributed by atoms with Gasteiger partial charge in [-0.3, -0.25) is 14.7 Å². The number of morpholine rings is 1. The second-order valence-corrected chi connectivity index (χ2v) is 6.64. The van der Waals surface area contributed by atoms with Crippen molar-refractivity contribution < 1.29 is 9.53 Å². The zero-order valence-electron chi connectivity index (χ0n) is 15.4. The zero-order chi connectivity index (χ0) is 17.4. The summed E-state index contributed by atoms with van der Waals surface area (Å²) >= 11 is 0. The minimum Gasteiger partial charge on any atom is -0.379 e. The van der Waals surface area contributed by atoms with Gasteiger partial charge in [-0.25, -0.2) is 0 Å². The highest BCUT2D eigenvalue weighted by atomic mass is 16.5. The highest BCUT2D eigenvalue weighted by molar-refractivity contribution is 5.81. The maximum absolute atomic E-state index is 11.8. The molecule has 0 spiro atoms. The van der Waals surface area contributed by atoms with Crippen LogP contribution >= 0.6 is 0 Å². The SMILES string of the molecule is CCC(C)NC(=O)CCNC(=NC)N1CCC(N2CCOCC2)C1. The predicted molar refractivity (Wildman–Crippen MR) is 96.2 cm³/mol. The van der Waals surface area contributed by atoms with Crippen molar-refractivity contribution in [2.75, 3.05) is 53.0 Å². The smallest absolute Gasteiger partial charge is 0.221 e. The maximum atomic E-state index is 11.8. The van der Waals surface area contributed by atoms with Gasteiger partial charge in [-0.2, -0.15) is 0 Å². The van der Waals surface area contributed by atoms with Gasteiger partial charge in [-0.1, -0.05) is 6.92 Å². The Balaban J connectivity index is 1.71. The van der Waals surface area contributed by atoms with Crippen LogP contribution < -0.4 is 10.6 Å². The molecule has 7 nitrogen and oxygen atoms in total. The Bertz CT molecular complexity index is 423. The first-order valence-corrected chi connectivity index (χ1v) is 9.20. The monoisotopic (exact) mass is 339 g/mol. The van der Waals surface area contributed by atoms with Crippen LogP contribution in [0.2, 0.25) is 0 Å².